The van der Waals surface area contributed by atoms with E-state index in [1.807, 2.05) is 35.9 Å². The zero-order chi connectivity index (χ0) is 20.2. The van der Waals surface area contributed by atoms with Gasteiger partial charge in [0.15, 0.2) is 11.8 Å². The van der Waals surface area contributed by atoms with Crippen LogP contribution in [0.15, 0.2) is 36.7 Å². The van der Waals surface area contributed by atoms with Gasteiger partial charge in [-0.05, 0) is 38.9 Å². The lowest BCUT2D eigenvalue weighted by Gasteiger charge is -2.15. The molecule has 0 radical (unpaired) electrons. The Morgan fingerprint density at radius 3 is 2.86 bits per heavy atom. The first kappa shape index (κ1) is 19.3. The van der Waals surface area contributed by atoms with Crippen molar-refractivity contribution in [2.45, 2.75) is 38.8 Å². The zero-order valence-corrected chi connectivity index (χ0v) is 16.8. The van der Waals surface area contributed by atoms with Gasteiger partial charge in [0.1, 0.15) is 11.3 Å². The topological polar surface area (TPSA) is 94.0 Å². The molecule has 2 aromatic heterocycles. The van der Waals surface area contributed by atoms with Gasteiger partial charge in [0.2, 0.25) is 0 Å². The van der Waals surface area contributed by atoms with Gasteiger partial charge in [0.25, 0.3) is 5.91 Å². The minimum absolute atomic E-state index is 0.159. The van der Waals surface area contributed by atoms with E-state index in [-0.39, 0.29) is 5.91 Å². The lowest BCUT2D eigenvalue weighted by atomic mass is 10.0. The van der Waals surface area contributed by atoms with Crippen molar-refractivity contribution in [1.29, 1.82) is 0 Å². The SMILES string of the molecule is Cc1ccc(O[C@@H](C)C(=O)NCCn2nc([C@@H]3CCNC3)c3nccnc32)cc1. The molecule has 0 aliphatic carbocycles. The highest BCUT2D eigenvalue weighted by molar-refractivity contribution is 5.80. The number of rotatable bonds is 7. The molecule has 29 heavy (non-hydrogen) atoms. The monoisotopic (exact) mass is 394 g/mol. The molecule has 2 atom stereocenters. The van der Waals surface area contributed by atoms with Crippen molar-refractivity contribution >= 4 is 17.1 Å². The Morgan fingerprint density at radius 1 is 1.31 bits per heavy atom. The molecule has 2 N–H and O–H groups in total. The van der Waals surface area contributed by atoms with Crippen LogP contribution in [0.5, 0.6) is 5.75 Å². The van der Waals surface area contributed by atoms with Gasteiger partial charge < -0.3 is 15.4 Å². The molecule has 0 unspecified atom stereocenters. The van der Waals surface area contributed by atoms with Crippen LogP contribution >= 0.6 is 0 Å². The molecule has 0 spiro atoms. The van der Waals surface area contributed by atoms with Crippen molar-refractivity contribution in [3.8, 4) is 5.75 Å². The number of aromatic nitrogens is 4. The third-order valence-electron chi connectivity index (χ3n) is 5.17. The lowest BCUT2D eigenvalue weighted by Crippen LogP contribution is -2.38. The molecular formula is C21H26N6O2. The highest BCUT2D eigenvalue weighted by atomic mass is 16.5. The van der Waals surface area contributed by atoms with Crippen LogP contribution in [0.1, 0.15) is 30.5 Å². The summed E-state index contributed by atoms with van der Waals surface area (Å²) >= 11 is 0. The normalized spacial score (nSPS) is 17.4. The molecule has 1 aliphatic heterocycles. The average Bonchev–Trinajstić information content (AvgIpc) is 3.38. The van der Waals surface area contributed by atoms with Crippen molar-refractivity contribution in [2.24, 2.45) is 0 Å². The first-order valence-corrected chi connectivity index (χ1v) is 10.0. The number of amides is 1. The first-order valence-electron chi connectivity index (χ1n) is 10.0. The summed E-state index contributed by atoms with van der Waals surface area (Å²) in [6.07, 6.45) is 3.85. The number of hydrogen-bond acceptors (Lipinski definition) is 6. The number of fused-ring (bicyclic) bond motifs is 1. The summed E-state index contributed by atoms with van der Waals surface area (Å²) in [5, 5.41) is 11.0. The zero-order valence-electron chi connectivity index (χ0n) is 16.8. The van der Waals surface area contributed by atoms with Gasteiger partial charge in [0, 0.05) is 31.4 Å². The molecule has 3 aromatic rings. The molecule has 8 nitrogen and oxygen atoms in total. The molecule has 1 fully saturated rings. The second kappa shape index (κ2) is 8.57. The number of carbonyl (C=O) groups excluding carboxylic acids is 1. The molecule has 3 heterocycles. The first-order chi connectivity index (χ1) is 14.1. The largest absolute Gasteiger partial charge is 0.481 e. The van der Waals surface area contributed by atoms with E-state index in [2.05, 4.69) is 20.6 Å². The molecule has 1 aliphatic rings. The van der Waals surface area contributed by atoms with Crippen LogP contribution in [0.4, 0.5) is 0 Å². The maximum Gasteiger partial charge on any atom is 0.260 e. The van der Waals surface area contributed by atoms with E-state index in [1.54, 1.807) is 19.3 Å². The molecule has 4 rings (SSSR count). The third-order valence-corrected chi connectivity index (χ3v) is 5.17. The summed E-state index contributed by atoms with van der Waals surface area (Å²) in [6.45, 7) is 6.63. The molecule has 0 bridgehead atoms. The van der Waals surface area contributed by atoms with Crippen LogP contribution in [-0.4, -0.2) is 51.4 Å². The minimum Gasteiger partial charge on any atom is -0.481 e. The average molecular weight is 394 g/mol. The van der Waals surface area contributed by atoms with Gasteiger partial charge in [-0.25, -0.2) is 14.6 Å². The van der Waals surface area contributed by atoms with E-state index in [4.69, 9.17) is 9.84 Å². The van der Waals surface area contributed by atoms with E-state index >= 15 is 0 Å². The number of hydrogen-bond donors (Lipinski definition) is 2. The van der Waals surface area contributed by atoms with Crippen molar-refractivity contribution in [2.75, 3.05) is 19.6 Å². The van der Waals surface area contributed by atoms with Gasteiger partial charge in [-0.2, -0.15) is 5.10 Å². The van der Waals surface area contributed by atoms with Crippen LogP contribution in [0.25, 0.3) is 11.2 Å². The number of carbonyl (C=O) groups is 1. The van der Waals surface area contributed by atoms with Crippen LogP contribution in [0, 0.1) is 6.92 Å². The van der Waals surface area contributed by atoms with E-state index in [1.165, 1.54) is 0 Å². The molecule has 1 saturated heterocycles. The van der Waals surface area contributed by atoms with E-state index in [0.29, 0.717) is 24.8 Å². The second-order valence-electron chi connectivity index (χ2n) is 7.39. The van der Waals surface area contributed by atoms with Gasteiger partial charge in [0.05, 0.1) is 12.2 Å². The summed E-state index contributed by atoms with van der Waals surface area (Å²) in [6, 6.07) is 7.66. The predicted octanol–water partition coefficient (Wildman–Crippen LogP) is 1.80. The number of aryl methyl sites for hydroxylation is 1. The quantitative estimate of drug-likeness (QED) is 0.635. The lowest BCUT2D eigenvalue weighted by molar-refractivity contribution is -0.127. The summed E-state index contributed by atoms with van der Waals surface area (Å²) in [5.41, 5.74) is 3.74. The van der Waals surface area contributed by atoms with Crippen LogP contribution < -0.4 is 15.4 Å². The Kier molecular flexibility index (Phi) is 5.71. The van der Waals surface area contributed by atoms with Gasteiger partial charge >= 0.3 is 0 Å². The molecule has 152 valence electrons. The molecule has 1 aromatic carbocycles. The standard InChI is InChI=1S/C21H26N6O2/c1-14-3-5-17(6-4-14)29-15(2)21(28)25-11-12-27-20-19(23-9-10-24-20)18(26-27)16-7-8-22-13-16/h3-6,9-10,15-16,22H,7-8,11-13H2,1-2H3,(H,25,28)/t15-,16+/m0/s1. The van der Waals surface area contributed by atoms with E-state index in [0.717, 1.165) is 41.9 Å². The highest BCUT2D eigenvalue weighted by Gasteiger charge is 2.24. The van der Waals surface area contributed by atoms with Gasteiger partial charge in [-0.3, -0.25) is 4.79 Å². The Hall–Kier alpha value is -3.00. The number of ether oxygens (including phenoxy) is 1. The predicted molar refractivity (Wildman–Crippen MR) is 110 cm³/mol. The third kappa shape index (κ3) is 4.37. The maximum absolute atomic E-state index is 12.4. The summed E-state index contributed by atoms with van der Waals surface area (Å²) < 4.78 is 7.55. The molecular weight excluding hydrogens is 368 g/mol. The summed E-state index contributed by atoms with van der Waals surface area (Å²) in [7, 11) is 0. The fourth-order valence-corrected chi connectivity index (χ4v) is 3.55. The summed E-state index contributed by atoms with van der Waals surface area (Å²) in [4.78, 5) is 21.3. The van der Waals surface area contributed by atoms with Crippen molar-refractivity contribution < 1.29 is 9.53 Å². The second-order valence-corrected chi connectivity index (χ2v) is 7.39. The van der Waals surface area contributed by atoms with Crippen molar-refractivity contribution in [3.05, 3.63) is 47.9 Å². The fourth-order valence-electron chi connectivity index (χ4n) is 3.55. The highest BCUT2D eigenvalue weighted by Crippen LogP contribution is 2.26. The van der Waals surface area contributed by atoms with Crippen LogP contribution in [-0.2, 0) is 11.3 Å². The number of nitrogens with one attached hydrogen (secondary N) is 2. The Balaban J connectivity index is 1.37. The maximum atomic E-state index is 12.4. The fraction of sp³-hybridized carbons (Fsp3) is 0.429. The number of nitrogens with zero attached hydrogens (tertiary/aromatic N) is 4. The van der Waals surface area contributed by atoms with Crippen LogP contribution in [0.3, 0.4) is 0 Å². The molecule has 1 amide bonds. The Labute approximate surface area is 169 Å². The van der Waals surface area contributed by atoms with Gasteiger partial charge in [-0.1, -0.05) is 17.7 Å². The number of benzene rings is 1. The summed E-state index contributed by atoms with van der Waals surface area (Å²) in [5.74, 6) is 0.878. The molecule has 8 heteroatoms. The van der Waals surface area contributed by atoms with E-state index < -0.39 is 6.10 Å². The Bertz CT molecular complexity index is 979. The smallest absolute Gasteiger partial charge is 0.260 e. The van der Waals surface area contributed by atoms with Crippen molar-refractivity contribution in [1.82, 2.24) is 30.4 Å². The minimum atomic E-state index is -0.577. The molecule has 0 saturated carbocycles. The van der Waals surface area contributed by atoms with Gasteiger partial charge in [-0.15, -0.1) is 0 Å². The Morgan fingerprint density at radius 2 is 2.10 bits per heavy atom. The van der Waals surface area contributed by atoms with Crippen LogP contribution in [0.2, 0.25) is 0 Å². The van der Waals surface area contributed by atoms with E-state index in [9.17, 15) is 4.79 Å². The van der Waals surface area contributed by atoms with Crippen molar-refractivity contribution in [3.63, 3.8) is 0 Å².